The van der Waals surface area contributed by atoms with E-state index in [0.29, 0.717) is 18.2 Å². The van der Waals surface area contributed by atoms with Gasteiger partial charge in [0.25, 0.3) is 0 Å². The monoisotopic (exact) mass is 370 g/mol. The van der Waals surface area contributed by atoms with Gasteiger partial charge in [-0.05, 0) is 42.4 Å². The highest BCUT2D eigenvalue weighted by atomic mass is 35.5. The summed E-state index contributed by atoms with van der Waals surface area (Å²) in [7, 11) is 0. The van der Waals surface area contributed by atoms with Gasteiger partial charge in [-0.3, -0.25) is 4.68 Å². The topological polar surface area (TPSA) is 41.9 Å². The first-order chi connectivity index (χ1) is 12.1. The molecule has 6 heteroatoms. The minimum absolute atomic E-state index is 0.576. The van der Waals surface area contributed by atoms with Crippen LogP contribution in [0, 0.1) is 6.92 Å². The largest absolute Gasteiger partial charge is 0.358 e. The molecule has 1 heterocycles. The van der Waals surface area contributed by atoms with Gasteiger partial charge in [0.05, 0.1) is 18.4 Å². The van der Waals surface area contributed by atoms with E-state index in [1.807, 2.05) is 35.1 Å². The van der Waals surface area contributed by atoms with Crippen molar-refractivity contribution in [3.05, 3.63) is 82.6 Å². The fourth-order valence-electron chi connectivity index (χ4n) is 2.36. The highest BCUT2D eigenvalue weighted by molar-refractivity contribution is 7.80. The van der Waals surface area contributed by atoms with Crippen molar-refractivity contribution in [2.45, 2.75) is 20.0 Å². The van der Waals surface area contributed by atoms with E-state index in [0.717, 1.165) is 16.3 Å². The highest BCUT2D eigenvalue weighted by Gasteiger charge is 2.03. The Labute approximate surface area is 157 Å². The van der Waals surface area contributed by atoms with Gasteiger partial charge in [-0.2, -0.15) is 5.10 Å². The third-order valence-electron chi connectivity index (χ3n) is 3.72. The summed E-state index contributed by atoms with van der Waals surface area (Å²) in [5.41, 5.74) is 4.43. The van der Waals surface area contributed by atoms with Crippen LogP contribution in [-0.2, 0) is 13.1 Å². The molecule has 4 nitrogen and oxygen atoms in total. The standard InChI is InChI=1S/C19H19ClN4S/c1-14-2-4-15(5-3-14)10-21-19(25)23-18-11-22-24(13-18)12-16-6-8-17(20)9-7-16/h2-9,11,13H,10,12H2,1H3,(H2,21,23,25). The fraction of sp³-hybridized carbons (Fsp3) is 0.158. The summed E-state index contributed by atoms with van der Waals surface area (Å²) >= 11 is 11.2. The smallest absolute Gasteiger partial charge is 0.171 e. The van der Waals surface area contributed by atoms with Gasteiger partial charge in [-0.1, -0.05) is 53.6 Å². The maximum absolute atomic E-state index is 5.90. The average Bonchev–Trinajstić information content (AvgIpc) is 3.03. The summed E-state index contributed by atoms with van der Waals surface area (Å²) in [6, 6.07) is 16.1. The van der Waals surface area contributed by atoms with Crippen molar-refractivity contribution in [3.63, 3.8) is 0 Å². The van der Waals surface area contributed by atoms with Crippen molar-refractivity contribution in [3.8, 4) is 0 Å². The van der Waals surface area contributed by atoms with E-state index in [-0.39, 0.29) is 0 Å². The number of halogens is 1. The lowest BCUT2D eigenvalue weighted by Crippen LogP contribution is -2.27. The Kier molecular flexibility index (Phi) is 5.68. The van der Waals surface area contributed by atoms with Crippen molar-refractivity contribution in [2.24, 2.45) is 0 Å². The quantitative estimate of drug-likeness (QED) is 0.654. The summed E-state index contributed by atoms with van der Waals surface area (Å²) in [5.74, 6) is 0. The molecule has 0 saturated heterocycles. The molecular weight excluding hydrogens is 352 g/mol. The zero-order chi connectivity index (χ0) is 17.6. The van der Waals surface area contributed by atoms with Crippen molar-refractivity contribution in [1.29, 1.82) is 0 Å². The molecule has 3 aromatic rings. The minimum atomic E-state index is 0.576. The number of benzene rings is 2. The van der Waals surface area contributed by atoms with Crippen molar-refractivity contribution in [2.75, 3.05) is 5.32 Å². The van der Waals surface area contributed by atoms with E-state index in [1.165, 1.54) is 11.1 Å². The van der Waals surface area contributed by atoms with Gasteiger partial charge >= 0.3 is 0 Å². The second kappa shape index (κ2) is 8.14. The highest BCUT2D eigenvalue weighted by Crippen LogP contribution is 2.12. The van der Waals surface area contributed by atoms with Gasteiger partial charge in [0.15, 0.2) is 5.11 Å². The van der Waals surface area contributed by atoms with Gasteiger partial charge in [0, 0.05) is 17.8 Å². The first-order valence-electron chi connectivity index (χ1n) is 7.96. The molecule has 0 atom stereocenters. The van der Waals surface area contributed by atoms with Gasteiger partial charge in [0.1, 0.15) is 0 Å². The number of rotatable bonds is 5. The van der Waals surface area contributed by atoms with Crippen LogP contribution < -0.4 is 10.6 Å². The molecule has 3 rings (SSSR count). The molecule has 1 aromatic heterocycles. The lowest BCUT2D eigenvalue weighted by atomic mass is 10.1. The summed E-state index contributed by atoms with van der Waals surface area (Å²) < 4.78 is 1.86. The predicted octanol–water partition coefficient (Wildman–Crippen LogP) is 4.38. The lowest BCUT2D eigenvalue weighted by Gasteiger charge is -2.09. The average molecular weight is 371 g/mol. The van der Waals surface area contributed by atoms with E-state index in [9.17, 15) is 0 Å². The molecule has 2 N–H and O–H groups in total. The molecule has 0 radical (unpaired) electrons. The van der Waals surface area contributed by atoms with Crippen molar-refractivity contribution in [1.82, 2.24) is 15.1 Å². The molecule has 0 aliphatic heterocycles. The maximum atomic E-state index is 5.90. The predicted molar refractivity (Wildman–Crippen MR) is 107 cm³/mol. The van der Waals surface area contributed by atoms with E-state index in [4.69, 9.17) is 23.8 Å². The summed E-state index contributed by atoms with van der Waals surface area (Å²) in [6.45, 7) is 3.44. The van der Waals surface area contributed by atoms with Crippen LogP contribution >= 0.6 is 23.8 Å². The maximum Gasteiger partial charge on any atom is 0.171 e. The Balaban J connectivity index is 1.51. The number of aromatic nitrogens is 2. The van der Waals surface area contributed by atoms with E-state index >= 15 is 0 Å². The van der Waals surface area contributed by atoms with Crippen LogP contribution in [0.5, 0.6) is 0 Å². The molecular formula is C19H19ClN4S. The van der Waals surface area contributed by atoms with Crippen LogP contribution in [0.3, 0.4) is 0 Å². The molecule has 0 aliphatic rings. The van der Waals surface area contributed by atoms with E-state index < -0.39 is 0 Å². The summed E-state index contributed by atoms with van der Waals surface area (Å²) in [5, 5.41) is 12.0. The van der Waals surface area contributed by atoms with E-state index in [1.54, 1.807) is 6.20 Å². The number of nitrogens with one attached hydrogen (secondary N) is 2. The van der Waals surface area contributed by atoms with Crippen LogP contribution in [0.1, 0.15) is 16.7 Å². The molecule has 128 valence electrons. The molecule has 0 fully saturated rings. The number of hydrogen-bond acceptors (Lipinski definition) is 2. The molecule has 0 aliphatic carbocycles. The summed E-state index contributed by atoms with van der Waals surface area (Å²) in [4.78, 5) is 0. The zero-order valence-corrected chi connectivity index (χ0v) is 15.4. The number of hydrogen-bond donors (Lipinski definition) is 2. The number of nitrogens with zero attached hydrogens (tertiary/aromatic N) is 2. The Morgan fingerprint density at radius 1 is 1.08 bits per heavy atom. The Hall–Kier alpha value is -2.37. The molecule has 25 heavy (non-hydrogen) atoms. The second-order valence-corrected chi connectivity index (χ2v) is 6.69. The number of anilines is 1. The molecule has 0 bridgehead atoms. The molecule has 0 unspecified atom stereocenters. The lowest BCUT2D eigenvalue weighted by molar-refractivity contribution is 0.687. The first kappa shape index (κ1) is 17.5. The van der Waals surface area contributed by atoms with Gasteiger partial charge in [0.2, 0.25) is 0 Å². The zero-order valence-electron chi connectivity index (χ0n) is 13.9. The third-order valence-corrected chi connectivity index (χ3v) is 4.22. The van der Waals surface area contributed by atoms with Crippen LogP contribution in [0.15, 0.2) is 60.9 Å². The van der Waals surface area contributed by atoms with Crippen molar-refractivity contribution < 1.29 is 0 Å². The Bertz CT molecular complexity index is 841. The van der Waals surface area contributed by atoms with Gasteiger partial charge in [-0.25, -0.2) is 0 Å². The SMILES string of the molecule is Cc1ccc(CNC(=S)Nc2cnn(Cc3ccc(Cl)cc3)c2)cc1. The van der Waals surface area contributed by atoms with Crippen LogP contribution in [0.25, 0.3) is 0 Å². The van der Waals surface area contributed by atoms with Crippen LogP contribution in [0.4, 0.5) is 5.69 Å². The van der Waals surface area contributed by atoms with Gasteiger partial charge < -0.3 is 10.6 Å². The Morgan fingerprint density at radius 2 is 1.76 bits per heavy atom. The fourth-order valence-corrected chi connectivity index (χ4v) is 2.67. The first-order valence-corrected chi connectivity index (χ1v) is 8.74. The van der Waals surface area contributed by atoms with E-state index in [2.05, 4.69) is 46.9 Å². The molecule has 0 saturated carbocycles. The Morgan fingerprint density at radius 3 is 2.48 bits per heavy atom. The number of thiocarbonyl (C=S) groups is 1. The van der Waals surface area contributed by atoms with Gasteiger partial charge in [-0.15, -0.1) is 0 Å². The normalized spacial score (nSPS) is 10.5. The van der Waals surface area contributed by atoms with Crippen molar-refractivity contribution >= 4 is 34.6 Å². The third kappa shape index (κ3) is 5.31. The number of aryl methyl sites for hydroxylation is 1. The van der Waals surface area contributed by atoms with Crippen LogP contribution in [0.2, 0.25) is 5.02 Å². The minimum Gasteiger partial charge on any atom is -0.358 e. The van der Waals surface area contributed by atoms with Crippen LogP contribution in [-0.4, -0.2) is 14.9 Å². The molecule has 2 aromatic carbocycles. The summed E-state index contributed by atoms with van der Waals surface area (Å²) in [6.07, 6.45) is 3.68. The molecule has 0 amide bonds. The second-order valence-electron chi connectivity index (χ2n) is 5.85. The molecule has 0 spiro atoms.